The van der Waals surface area contributed by atoms with Crippen molar-refractivity contribution in [1.29, 1.82) is 0 Å². The zero-order valence-electron chi connectivity index (χ0n) is 15.7. The van der Waals surface area contributed by atoms with Crippen LogP contribution in [0.25, 0.3) is 10.9 Å². The number of benzene rings is 1. The van der Waals surface area contributed by atoms with Crippen molar-refractivity contribution in [1.82, 2.24) is 20.1 Å². The number of fused-ring (bicyclic) bond motifs is 1. The molecule has 3 aromatic rings. The van der Waals surface area contributed by atoms with Crippen molar-refractivity contribution in [2.45, 2.75) is 39.2 Å². The van der Waals surface area contributed by atoms with E-state index in [4.69, 9.17) is 0 Å². The Morgan fingerprint density at radius 2 is 2.04 bits per heavy atom. The average Bonchev–Trinajstić information content (AvgIpc) is 3.14. The van der Waals surface area contributed by atoms with E-state index in [1.54, 1.807) is 10.9 Å². The summed E-state index contributed by atoms with van der Waals surface area (Å²) in [5, 5.41) is 17.5. The van der Waals surface area contributed by atoms with E-state index in [0.717, 1.165) is 33.4 Å². The molecule has 0 aliphatic carbocycles. The first-order valence-corrected chi connectivity index (χ1v) is 8.93. The van der Waals surface area contributed by atoms with Gasteiger partial charge in [0.2, 0.25) is 5.91 Å². The van der Waals surface area contributed by atoms with Crippen LogP contribution < -0.4 is 5.32 Å². The van der Waals surface area contributed by atoms with Crippen LogP contribution in [0, 0.1) is 13.8 Å². The average molecular weight is 368 g/mol. The Morgan fingerprint density at radius 3 is 2.70 bits per heavy atom. The summed E-state index contributed by atoms with van der Waals surface area (Å²) >= 11 is 0. The highest BCUT2D eigenvalue weighted by atomic mass is 16.4. The second-order valence-electron chi connectivity index (χ2n) is 6.79. The van der Waals surface area contributed by atoms with E-state index < -0.39 is 12.0 Å². The second kappa shape index (κ2) is 7.65. The number of H-pyrrole nitrogens is 1. The number of rotatable bonds is 7. The molecule has 1 unspecified atom stereocenters. The third kappa shape index (κ3) is 4.02. The maximum absolute atomic E-state index is 12.3. The molecule has 3 rings (SSSR count). The van der Waals surface area contributed by atoms with Crippen LogP contribution in [0.15, 0.2) is 30.5 Å². The topological polar surface area (TPSA) is 100 Å². The van der Waals surface area contributed by atoms with Gasteiger partial charge in [0.1, 0.15) is 6.04 Å². The number of carbonyl (C=O) groups excluding carboxylic acids is 1. The van der Waals surface area contributed by atoms with Gasteiger partial charge in [0.05, 0.1) is 5.69 Å². The van der Waals surface area contributed by atoms with Crippen molar-refractivity contribution < 1.29 is 14.7 Å². The fourth-order valence-corrected chi connectivity index (χ4v) is 3.40. The van der Waals surface area contributed by atoms with Gasteiger partial charge in [-0.2, -0.15) is 5.10 Å². The molecule has 0 bridgehead atoms. The zero-order valence-corrected chi connectivity index (χ0v) is 15.7. The lowest BCUT2D eigenvalue weighted by atomic mass is 10.0. The number of aryl methyl sites for hydroxylation is 2. The predicted octanol–water partition coefficient (Wildman–Crippen LogP) is 2.26. The van der Waals surface area contributed by atoms with Crippen LogP contribution in [0.2, 0.25) is 0 Å². The first-order valence-electron chi connectivity index (χ1n) is 8.93. The highest BCUT2D eigenvalue weighted by Crippen LogP contribution is 2.19. The summed E-state index contributed by atoms with van der Waals surface area (Å²) in [4.78, 5) is 27.1. The van der Waals surface area contributed by atoms with Crippen LogP contribution in [0.1, 0.15) is 28.9 Å². The second-order valence-corrected chi connectivity index (χ2v) is 6.79. The molecule has 142 valence electrons. The number of carboxylic acids is 1. The highest BCUT2D eigenvalue weighted by molar-refractivity contribution is 5.86. The number of amides is 1. The molecule has 7 heteroatoms. The Morgan fingerprint density at radius 1 is 1.30 bits per heavy atom. The van der Waals surface area contributed by atoms with Gasteiger partial charge in [-0.05, 0) is 37.5 Å². The standard InChI is InChI=1S/C20H24N4O3/c1-12-15(13(2)24(3)23-12)8-9-19(25)22-18(20(26)27)10-14-11-21-17-7-5-4-6-16(14)17/h4-7,11,18,21H,8-10H2,1-3H3,(H,22,25)(H,26,27). The lowest BCUT2D eigenvalue weighted by Crippen LogP contribution is -2.42. The molecule has 0 aliphatic rings. The normalized spacial score (nSPS) is 12.3. The third-order valence-electron chi connectivity index (χ3n) is 4.99. The molecule has 2 aromatic heterocycles. The molecule has 1 atom stereocenters. The zero-order chi connectivity index (χ0) is 19.6. The van der Waals surface area contributed by atoms with Crippen molar-refractivity contribution in [2.24, 2.45) is 7.05 Å². The molecule has 0 spiro atoms. The van der Waals surface area contributed by atoms with Gasteiger partial charge >= 0.3 is 5.97 Å². The number of aromatic nitrogens is 3. The molecule has 27 heavy (non-hydrogen) atoms. The number of carbonyl (C=O) groups is 2. The summed E-state index contributed by atoms with van der Waals surface area (Å²) in [5.74, 6) is -1.31. The molecule has 3 N–H and O–H groups in total. The van der Waals surface area contributed by atoms with Gasteiger partial charge in [-0.1, -0.05) is 18.2 Å². The van der Waals surface area contributed by atoms with Crippen LogP contribution in [0.4, 0.5) is 0 Å². The number of aromatic amines is 1. The molecule has 2 heterocycles. The van der Waals surface area contributed by atoms with E-state index >= 15 is 0 Å². The molecular weight excluding hydrogens is 344 g/mol. The van der Waals surface area contributed by atoms with Gasteiger partial charge in [0, 0.05) is 42.7 Å². The maximum Gasteiger partial charge on any atom is 0.326 e. The van der Waals surface area contributed by atoms with Crippen LogP contribution in [-0.2, 0) is 29.5 Å². The van der Waals surface area contributed by atoms with Crippen LogP contribution in [-0.4, -0.2) is 37.8 Å². The number of nitrogens with zero attached hydrogens (tertiary/aromatic N) is 2. The van der Waals surface area contributed by atoms with E-state index in [2.05, 4.69) is 15.4 Å². The van der Waals surface area contributed by atoms with Crippen molar-refractivity contribution in [2.75, 3.05) is 0 Å². The summed E-state index contributed by atoms with van der Waals surface area (Å²) in [7, 11) is 1.87. The van der Waals surface area contributed by atoms with Gasteiger partial charge in [-0.15, -0.1) is 0 Å². The van der Waals surface area contributed by atoms with E-state index in [9.17, 15) is 14.7 Å². The van der Waals surface area contributed by atoms with Gasteiger partial charge in [0.25, 0.3) is 0 Å². The predicted molar refractivity (Wildman–Crippen MR) is 103 cm³/mol. The largest absolute Gasteiger partial charge is 0.480 e. The summed E-state index contributed by atoms with van der Waals surface area (Å²) < 4.78 is 1.79. The Hall–Kier alpha value is -3.09. The summed E-state index contributed by atoms with van der Waals surface area (Å²) in [5.41, 5.74) is 4.78. The van der Waals surface area contributed by atoms with Crippen LogP contribution >= 0.6 is 0 Å². The SMILES string of the molecule is Cc1nn(C)c(C)c1CCC(=O)NC(Cc1c[nH]c2ccccc12)C(=O)O. The van der Waals surface area contributed by atoms with Gasteiger partial charge in [-0.25, -0.2) is 4.79 Å². The Labute approximate surface area is 157 Å². The number of nitrogens with one attached hydrogen (secondary N) is 2. The smallest absolute Gasteiger partial charge is 0.326 e. The van der Waals surface area contributed by atoms with Crippen molar-refractivity contribution in [3.8, 4) is 0 Å². The molecule has 0 saturated carbocycles. The summed E-state index contributed by atoms with van der Waals surface area (Å²) in [6, 6.07) is 6.74. The number of carboxylic acid groups (broad SMARTS) is 1. The number of aliphatic carboxylic acids is 1. The van der Waals surface area contributed by atoms with Crippen molar-refractivity contribution in [3.05, 3.63) is 53.0 Å². The highest BCUT2D eigenvalue weighted by Gasteiger charge is 2.22. The molecule has 0 aliphatic heterocycles. The van der Waals surface area contributed by atoms with E-state index in [0.29, 0.717) is 6.42 Å². The maximum atomic E-state index is 12.3. The number of hydrogen-bond donors (Lipinski definition) is 3. The molecule has 0 fully saturated rings. The number of para-hydroxylation sites is 1. The monoisotopic (exact) mass is 368 g/mol. The minimum absolute atomic E-state index is 0.227. The van der Waals surface area contributed by atoms with Gasteiger partial charge in [-0.3, -0.25) is 9.48 Å². The molecule has 1 amide bonds. The molecule has 7 nitrogen and oxygen atoms in total. The Kier molecular flexibility index (Phi) is 5.30. The van der Waals surface area contributed by atoms with Gasteiger partial charge < -0.3 is 15.4 Å². The van der Waals surface area contributed by atoms with E-state index in [-0.39, 0.29) is 18.7 Å². The first-order chi connectivity index (χ1) is 12.9. The summed E-state index contributed by atoms with van der Waals surface area (Å²) in [6.45, 7) is 3.88. The van der Waals surface area contributed by atoms with E-state index in [1.807, 2.05) is 45.2 Å². The third-order valence-corrected chi connectivity index (χ3v) is 4.99. The Bertz CT molecular complexity index is 986. The minimum Gasteiger partial charge on any atom is -0.480 e. The lowest BCUT2D eigenvalue weighted by molar-refractivity contribution is -0.141. The fraction of sp³-hybridized carbons (Fsp3) is 0.350. The van der Waals surface area contributed by atoms with E-state index in [1.165, 1.54) is 0 Å². The van der Waals surface area contributed by atoms with Crippen molar-refractivity contribution >= 4 is 22.8 Å². The Balaban J connectivity index is 1.65. The quantitative estimate of drug-likeness (QED) is 0.595. The summed E-state index contributed by atoms with van der Waals surface area (Å²) in [6.07, 6.45) is 2.80. The minimum atomic E-state index is -1.04. The first kappa shape index (κ1) is 18.7. The van der Waals surface area contributed by atoms with Crippen LogP contribution in [0.5, 0.6) is 0 Å². The van der Waals surface area contributed by atoms with Crippen LogP contribution in [0.3, 0.4) is 0 Å². The molecular formula is C20H24N4O3. The van der Waals surface area contributed by atoms with Crippen molar-refractivity contribution in [3.63, 3.8) is 0 Å². The molecule has 0 radical (unpaired) electrons. The number of hydrogen-bond acceptors (Lipinski definition) is 3. The lowest BCUT2D eigenvalue weighted by Gasteiger charge is -2.14. The fourth-order valence-electron chi connectivity index (χ4n) is 3.40. The molecule has 0 saturated heterocycles. The van der Waals surface area contributed by atoms with Gasteiger partial charge in [0.15, 0.2) is 0 Å². The molecule has 1 aromatic carbocycles.